The number of amides is 1. The van der Waals surface area contributed by atoms with Gasteiger partial charge in [0.25, 0.3) is 0 Å². The highest BCUT2D eigenvalue weighted by Gasteiger charge is 2.28. The molecule has 0 bridgehead atoms. The van der Waals surface area contributed by atoms with Crippen molar-refractivity contribution in [2.24, 2.45) is 0 Å². The first-order chi connectivity index (χ1) is 9.61. The van der Waals surface area contributed by atoms with Gasteiger partial charge in [0.2, 0.25) is 5.91 Å². The smallest absolute Gasteiger partial charge is 0.236 e. The molecule has 0 N–H and O–H groups in total. The van der Waals surface area contributed by atoms with E-state index < -0.39 is 0 Å². The van der Waals surface area contributed by atoms with Crippen LogP contribution in [0.15, 0.2) is 29.2 Å². The maximum atomic E-state index is 12.6. The molecule has 0 spiro atoms. The zero-order valence-electron chi connectivity index (χ0n) is 12.1. The molecule has 1 aromatic carbocycles. The van der Waals surface area contributed by atoms with Gasteiger partial charge >= 0.3 is 0 Å². The third-order valence-electron chi connectivity index (χ3n) is 3.86. The van der Waals surface area contributed by atoms with Crippen molar-refractivity contribution in [2.75, 3.05) is 6.54 Å². The molecule has 0 saturated heterocycles. The van der Waals surface area contributed by atoms with E-state index in [9.17, 15) is 4.79 Å². The lowest BCUT2D eigenvalue weighted by Gasteiger charge is -2.30. The van der Waals surface area contributed by atoms with Crippen molar-refractivity contribution in [1.82, 2.24) is 4.90 Å². The van der Waals surface area contributed by atoms with Crippen LogP contribution in [0.2, 0.25) is 5.02 Å². The molecule has 20 heavy (non-hydrogen) atoms. The monoisotopic (exact) mass is 311 g/mol. The van der Waals surface area contributed by atoms with Gasteiger partial charge in [-0.3, -0.25) is 4.79 Å². The van der Waals surface area contributed by atoms with Gasteiger partial charge in [0, 0.05) is 22.5 Å². The summed E-state index contributed by atoms with van der Waals surface area (Å²) in [6.45, 7) is 4.89. The van der Waals surface area contributed by atoms with E-state index in [1.165, 1.54) is 12.8 Å². The van der Waals surface area contributed by atoms with Gasteiger partial charge in [-0.1, -0.05) is 24.4 Å². The number of thioether (sulfide) groups is 1. The average Bonchev–Trinajstić information content (AvgIpc) is 2.96. The van der Waals surface area contributed by atoms with E-state index in [2.05, 4.69) is 11.8 Å². The van der Waals surface area contributed by atoms with Crippen molar-refractivity contribution in [2.45, 2.75) is 55.7 Å². The van der Waals surface area contributed by atoms with Crippen LogP contribution < -0.4 is 0 Å². The Labute approximate surface area is 130 Å². The van der Waals surface area contributed by atoms with Crippen LogP contribution in [0.5, 0.6) is 0 Å². The van der Waals surface area contributed by atoms with Gasteiger partial charge in [0.05, 0.1) is 5.25 Å². The standard InChI is InChI=1S/C16H22ClNOS/c1-3-18(14-6-4-5-7-14)16(19)12(2)20-15-10-8-13(17)9-11-15/h8-12,14H,3-7H2,1-2H3. The van der Waals surface area contributed by atoms with Crippen molar-refractivity contribution in [3.05, 3.63) is 29.3 Å². The molecule has 1 saturated carbocycles. The minimum Gasteiger partial charge on any atom is -0.339 e. The molecular weight excluding hydrogens is 290 g/mol. The van der Waals surface area contributed by atoms with Crippen LogP contribution in [0.1, 0.15) is 39.5 Å². The second kappa shape index (κ2) is 7.37. The van der Waals surface area contributed by atoms with Crippen LogP contribution >= 0.6 is 23.4 Å². The summed E-state index contributed by atoms with van der Waals surface area (Å²) in [5.74, 6) is 0.263. The topological polar surface area (TPSA) is 20.3 Å². The summed E-state index contributed by atoms with van der Waals surface area (Å²) in [5.41, 5.74) is 0. The van der Waals surface area contributed by atoms with Gasteiger partial charge in [-0.25, -0.2) is 0 Å². The lowest BCUT2D eigenvalue weighted by Crippen LogP contribution is -2.42. The average molecular weight is 312 g/mol. The van der Waals surface area contributed by atoms with Crippen LogP contribution in [0, 0.1) is 0 Å². The van der Waals surface area contributed by atoms with Crippen LogP contribution in [0.3, 0.4) is 0 Å². The molecule has 2 rings (SSSR count). The quantitative estimate of drug-likeness (QED) is 0.740. The summed E-state index contributed by atoms with van der Waals surface area (Å²) >= 11 is 7.50. The molecule has 1 aliphatic carbocycles. The van der Waals surface area contributed by atoms with Gasteiger partial charge < -0.3 is 4.90 Å². The minimum absolute atomic E-state index is 0.0447. The van der Waals surface area contributed by atoms with Crippen LogP contribution in [0.4, 0.5) is 0 Å². The third-order valence-corrected chi connectivity index (χ3v) is 5.21. The van der Waals surface area contributed by atoms with Gasteiger partial charge in [-0.2, -0.15) is 0 Å². The minimum atomic E-state index is -0.0447. The predicted molar refractivity (Wildman–Crippen MR) is 86.4 cm³/mol. The molecule has 2 nitrogen and oxygen atoms in total. The van der Waals surface area contributed by atoms with Crippen molar-refractivity contribution in [1.29, 1.82) is 0 Å². The normalized spacial score (nSPS) is 17.1. The molecule has 0 aliphatic heterocycles. The van der Waals surface area contributed by atoms with Crippen molar-refractivity contribution >= 4 is 29.3 Å². The zero-order chi connectivity index (χ0) is 14.5. The number of hydrogen-bond donors (Lipinski definition) is 0. The highest BCUT2D eigenvalue weighted by Crippen LogP contribution is 2.29. The largest absolute Gasteiger partial charge is 0.339 e. The number of benzene rings is 1. The fraction of sp³-hybridized carbons (Fsp3) is 0.562. The van der Waals surface area contributed by atoms with E-state index >= 15 is 0 Å². The van der Waals surface area contributed by atoms with E-state index in [1.807, 2.05) is 31.2 Å². The Balaban J connectivity index is 1.97. The molecule has 1 fully saturated rings. The van der Waals surface area contributed by atoms with Crippen molar-refractivity contribution < 1.29 is 4.79 Å². The number of carbonyl (C=O) groups excluding carboxylic acids is 1. The molecule has 1 aliphatic rings. The summed E-state index contributed by atoms with van der Waals surface area (Å²) in [5, 5.41) is 0.686. The van der Waals surface area contributed by atoms with Crippen molar-refractivity contribution in [3.63, 3.8) is 0 Å². The van der Waals surface area contributed by atoms with Crippen LogP contribution in [0.25, 0.3) is 0 Å². The second-order valence-electron chi connectivity index (χ2n) is 5.28. The summed E-state index contributed by atoms with van der Waals surface area (Å²) in [7, 11) is 0. The number of nitrogens with zero attached hydrogens (tertiary/aromatic N) is 1. The maximum absolute atomic E-state index is 12.6. The Kier molecular flexibility index (Phi) is 5.79. The highest BCUT2D eigenvalue weighted by molar-refractivity contribution is 8.00. The number of hydrogen-bond acceptors (Lipinski definition) is 2. The molecule has 1 unspecified atom stereocenters. The van der Waals surface area contributed by atoms with E-state index in [0.717, 1.165) is 29.3 Å². The predicted octanol–water partition coefficient (Wildman–Crippen LogP) is 4.61. The van der Waals surface area contributed by atoms with Gasteiger partial charge in [0.1, 0.15) is 0 Å². The molecule has 1 amide bonds. The van der Waals surface area contributed by atoms with Gasteiger partial charge in [-0.05, 0) is 51.0 Å². The summed E-state index contributed by atoms with van der Waals surface area (Å²) in [6, 6.07) is 8.15. The number of rotatable bonds is 5. The summed E-state index contributed by atoms with van der Waals surface area (Å²) in [6.07, 6.45) is 4.84. The van der Waals surface area contributed by atoms with E-state index in [4.69, 9.17) is 11.6 Å². The van der Waals surface area contributed by atoms with Gasteiger partial charge in [0.15, 0.2) is 0 Å². The van der Waals surface area contributed by atoms with Gasteiger partial charge in [-0.15, -0.1) is 11.8 Å². The molecule has 1 aromatic rings. The van der Waals surface area contributed by atoms with E-state index in [0.29, 0.717) is 6.04 Å². The molecule has 0 heterocycles. The van der Waals surface area contributed by atoms with Crippen molar-refractivity contribution in [3.8, 4) is 0 Å². The lowest BCUT2D eigenvalue weighted by atomic mass is 10.2. The Morgan fingerprint density at radius 1 is 1.35 bits per heavy atom. The SMILES string of the molecule is CCN(C(=O)C(C)Sc1ccc(Cl)cc1)C1CCCC1. The molecule has 110 valence electrons. The fourth-order valence-corrected chi connectivity index (χ4v) is 3.87. The lowest BCUT2D eigenvalue weighted by molar-refractivity contribution is -0.132. The maximum Gasteiger partial charge on any atom is 0.236 e. The molecular formula is C16H22ClNOS. The Hall–Kier alpha value is -0.670. The first-order valence-electron chi connectivity index (χ1n) is 7.34. The third kappa shape index (κ3) is 3.92. The molecule has 0 aromatic heterocycles. The summed E-state index contributed by atoms with van der Waals surface area (Å²) < 4.78 is 0. The Bertz CT molecular complexity index is 442. The number of carbonyl (C=O) groups is 1. The highest BCUT2D eigenvalue weighted by atomic mass is 35.5. The molecule has 0 radical (unpaired) electrons. The second-order valence-corrected chi connectivity index (χ2v) is 7.13. The van der Waals surface area contributed by atoms with E-state index in [-0.39, 0.29) is 11.2 Å². The first-order valence-corrected chi connectivity index (χ1v) is 8.60. The number of halogens is 1. The van der Waals surface area contributed by atoms with Crippen LogP contribution in [-0.2, 0) is 4.79 Å². The zero-order valence-corrected chi connectivity index (χ0v) is 13.7. The fourth-order valence-electron chi connectivity index (χ4n) is 2.81. The Morgan fingerprint density at radius 2 is 1.95 bits per heavy atom. The first kappa shape index (κ1) is 15.7. The van der Waals surface area contributed by atoms with E-state index in [1.54, 1.807) is 11.8 Å². The van der Waals surface area contributed by atoms with Crippen LogP contribution in [-0.4, -0.2) is 28.6 Å². The Morgan fingerprint density at radius 3 is 2.50 bits per heavy atom. The molecule has 4 heteroatoms. The molecule has 1 atom stereocenters. The summed E-state index contributed by atoms with van der Waals surface area (Å²) in [4.78, 5) is 15.8.